The van der Waals surface area contributed by atoms with Crippen LogP contribution in [0.3, 0.4) is 0 Å². The van der Waals surface area contributed by atoms with Crippen LogP contribution in [0.1, 0.15) is 10.4 Å². The molecule has 0 fully saturated rings. The Morgan fingerprint density at radius 2 is 2.14 bits per heavy atom. The molecule has 0 amide bonds. The summed E-state index contributed by atoms with van der Waals surface area (Å²) in [5, 5.41) is 9.75. The molecule has 0 aliphatic heterocycles. The van der Waals surface area contributed by atoms with E-state index in [0.29, 0.717) is 5.56 Å². The van der Waals surface area contributed by atoms with Gasteiger partial charge in [0, 0.05) is 17.5 Å². The number of carboxylic acid groups (broad SMARTS) is 1. The summed E-state index contributed by atoms with van der Waals surface area (Å²) in [6.45, 7) is 0. The summed E-state index contributed by atoms with van der Waals surface area (Å²) < 4.78 is 1.96. The first kappa shape index (κ1) is 8.69. The summed E-state index contributed by atoms with van der Waals surface area (Å²) in [4.78, 5) is 10.7. The topological polar surface area (TPSA) is 41.2 Å². The molecule has 0 radical (unpaired) electrons. The van der Waals surface area contributed by atoms with Gasteiger partial charge in [-0.2, -0.15) is 0 Å². The van der Waals surface area contributed by atoms with Crippen molar-refractivity contribution in [2.45, 2.75) is 0 Å². The van der Waals surface area contributed by atoms with Crippen LogP contribution < -0.4 is 4.57 Å². The van der Waals surface area contributed by atoms with E-state index >= 15 is 0 Å². The van der Waals surface area contributed by atoms with E-state index in [1.54, 1.807) is 12.1 Å². The zero-order valence-electron chi connectivity index (χ0n) is 7.77. The smallest absolute Gasteiger partial charge is 0.335 e. The Morgan fingerprint density at radius 1 is 1.36 bits per heavy atom. The summed E-state index contributed by atoms with van der Waals surface area (Å²) in [5.74, 6) is -0.890. The van der Waals surface area contributed by atoms with Gasteiger partial charge in [-0.25, -0.2) is 9.36 Å². The van der Waals surface area contributed by atoms with Crippen molar-refractivity contribution >= 4 is 16.9 Å². The SMILES string of the molecule is C[n+]1cccc2cc(C(=O)O)ccc21. The second-order valence-corrected chi connectivity index (χ2v) is 3.20. The van der Waals surface area contributed by atoms with Gasteiger partial charge < -0.3 is 5.11 Å². The largest absolute Gasteiger partial charge is 0.478 e. The van der Waals surface area contributed by atoms with Gasteiger partial charge in [-0.1, -0.05) is 0 Å². The lowest BCUT2D eigenvalue weighted by atomic mass is 10.1. The number of nitrogens with zero attached hydrogens (tertiary/aromatic N) is 1. The van der Waals surface area contributed by atoms with E-state index < -0.39 is 5.97 Å². The molecule has 0 saturated carbocycles. The van der Waals surface area contributed by atoms with Gasteiger partial charge in [0.25, 0.3) is 0 Å². The number of aromatic carboxylic acids is 1. The van der Waals surface area contributed by atoms with Gasteiger partial charge in [-0.15, -0.1) is 0 Å². The Hall–Kier alpha value is -1.90. The van der Waals surface area contributed by atoms with Gasteiger partial charge in [-0.05, 0) is 18.2 Å². The minimum atomic E-state index is -0.890. The quantitative estimate of drug-likeness (QED) is 0.686. The molecule has 3 nitrogen and oxygen atoms in total. The maximum absolute atomic E-state index is 10.7. The third-order valence-electron chi connectivity index (χ3n) is 2.24. The molecule has 0 aliphatic rings. The molecular weight excluding hydrogens is 178 g/mol. The molecule has 1 heterocycles. The van der Waals surface area contributed by atoms with Crippen molar-refractivity contribution in [1.82, 2.24) is 0 Å². The van der Waals surface area contributed by atoms with Crippen LogP contribution in [-0.4, -0.2) is 11.1 Å². The van der Waals surface area contributed by atoms with E-state index in [9.17, 15) is 4.79 Å². The first-order chi connectivity index (χ1) is 6.68. The first-order valence-electron chi connectivity index (χ1n) is 4.30. The van der Waals surface area contributed by atoms with Crippen LogP contribution >= 0.6 is 0 Å². The molecule has 14 heavy (non-hydrogen) atoms. The Bertz CT molecular complexity index is 506. The fourth-order valence-corrected chi connectivity index (χ4v) is 1.50. The van der Waals surface area contributed by atoms with E-state index in [4.69, 9.17) is 5.11 Å². The second-order valence-electron chi connectivity index (χ2n) is 3.20. The number of pyridine rings is 1. The molecule has 2 aromatic rings. The van der Waals surface area contributed by atoms with Crippen molar-refractivity contribution < 1.29 is 14.5 Å². The third kappa shape index (κ3) is 1.33. The van der Waals surface area contributed by atoms with E-state index in [1.807, 2.05) is 36.0 Å². The van der Waals surface area contributed by atoms with Gasteiger partial charge in [0.15, 0.2) is 6.20 Å². The lowest BCUT2D eigenvalue weighted by Gasteiger charge is -1.97. The summed E-state index contributed by atoms with van der Waals surface area (Å²) in [5.41, 5.74) is 1.35. The van der Waals surface area contributed by atoms with Crippen LogP contribution in [0.25, 0.3) is 10.9 Å². The zero-order valence-corrected chi connectivity index (χ0v) is 7.77. The normalized spacial score (nSPS) is 10.4. The van der Waals surface area contributed by atoms with Crippen LogP contribution in [-0.2, 0) is 7.05 Å². The van der Waals surface area contributed by atoms with Crippen molar-refractivity contribution in [3.63, 3.8) is 0 Å². The molecule has 1 aromatic carbocycles. The summed E-state index contributed by atoms with van der Waals surface area (Å²) in [6, 6.07) is 8.91. The summed E-state index contributed by atoms with van der Waals surface area (Å²) >= 11 is 0. The summed E-state index contributed by atoms with van der Waals surface area (Å²) in [7, 11) is 1.93. The van der Waals surface area contributed by atoms with E-state index in [1.165, 1.54) is 0 Å². The maximum atomic E-state index is 10.7. The highest BCUT2D eigenvalue weighted by Crippen LogP contribution is 2.11. The molecule has 0 aliphatic carbocycles. The fourth-order valence-electron chi connectivity index (χ4n) is 1.50. The lowest BCUT2D eigenvalue weighted by molar-refractivity contribution is -0.644. The highest BCUT2D eigenvalue weighted by atomic mass is 16.4. The van der Waals surface area contributed by atoms with Gasteiger partial charge in [0.1, 0.15) is 7.05 Å². The van der Waals surface area contributed by atoms with Gasteiger partial charge in [0.05, 0.1) is 5.56 Å². The Morgan fingerprint density at radius 3 is 2.86 bits per heavy atom. The fraction of sp³-hybridized carbons (Fsp3) is 0.0909. The number of aryl methyl sites for hydroxylation is 1. The molecule has 1 N–H and O–H groups in total. The van der Waals surface area contributed by atoms with Crippen molar-refractivity contribution in [2.75, 3.05) is 0 Å². The van der Waals surface area contributed by atoms with Crippen LogP contribution in [0.4, 0.5) is 0 Å². The Kier molecular flexibility index (Phi) is 1.93. The van der Waals surface area contributed by atoms with E-state index in [2.05, 4.69) is 0 Å². The predicted molar refractivity (Wildman–Crippen MR) is 52.1 cm³/mol. The number of benzene rings is 1. The number of hydrogen-bond donors (Lipinski definition) is 1. The predicted octanol–water partition coefficient (Wildman–Crippen LogP) is 1.36. The van der Waals surface area contributed by atoms with Crippen molar-refractivity contribution in [2.24, 2.45) is 7.05 Å². The molecule has 70 valence electrons. The number of hydrogen-bond acceptors (Lipinski definition) is 1. The van der Waals surface area contributed by atoms with Crippen LogP contribution in [0.15, 0.2) is 36.5 Å². The van der Waals surface area contributed by atoms with Crippen LogP contribution in [0, 0.1) is 0 Å². The lowest BCUT2D eigenvalue weighted by Crippen LogP contribution is -2.27. The van der Waals surface area contributed by atoms with Crippen LogP contribution in [0.2, 0.25) is 0 Å². The second kappa shape index (κ2) is 3.10. The van der Waals surface area contributed by atoms with Gasteiger partial charge >= 0.3 is 5.97 Å². The Labute approximate surface area is 81.2 Å². The number of fused-ring (bicyclic) bond motifs is 1. The number of carbonyl (C=O) groups is 1. The minimum Gasteiger partial charge on any atom is -0.478 e. The van der Waals surface area contributed by atoms with E-state index in [0.717, 1.165) is 10.9 Å². The molecule has 0 atom stereocenters. The standard InChI is InChI=1S/C11H9NO2/c1-12-6-2-3-8-7-9(11(13)14)4-5-10(8)12/h2-7H,1H3/p+1. The number of aromatic nitrogens is 1. The average molecular weight is 188 g/mol. The monoisotopic (exact) mass is 188 g/mol. The average Bonchev–Trinajstić information content (AvgIpc) is 2.17. The number of carboxylic acids is 1. The molecule has 3 heteroatoms. The van der Waals surface area contributed by atoms with Gasteiger partial charge in [0.2, 0.25) is 5.52 Å². The van der Waals surface area contributed by atoms with Crippen LogP contribution in [0.5, 0.6) is 0 Å². The molecule has 0 spiro atoms. The first-order valence-corrected chi connectivity index (χ1v) is 4.30. The molecule has 0 bridgehead atoms. The van der Waals surface area contributed by atoms with E-state index in [-0.39, 0.29) is 0 Å². The zero-order chi connectivity index (χ0) is 10.1. The maximum Gasteiger partial charge on any atom is 0.335 e. The molecule has 0 saturated heterocycles. The minimum absolute atomic E-state index is 0.323. The molecule has 1 aromatic heterocycles. The Balaban J connectivity index is 2.73. The highest BCUT2D eigenvalue weighted by Gasteiger charge is 2.07. The molecule has 0 unspecified atom stereocenters. The highest BCUT2D eigenvalue weighted by molar-refractivity contribution is 5.92. The third-order valence-corrected chi connectivity index (χ3v) is 2.24. The summed E-state index contributed by atoms with van der Waals surface area (Å²) in [6.07, 6.45) is 1.93. The van der Waals surface area contributed by atoms with Gasteiger partial charge in [-0.3, -0.25) is 0 Å². The molecular formula is C11H10NO2+. The van der Waals surface area contributed by atoms with Crippen molar-refractivity contribution in [1.29, 1.82) is 0 Å². The number of rotatable bonds is 1. The van der Waals surface area contributed by atoms with Crippen molar-refractivity contribution in [3.8, 4) is 0 Å². The molecule has 2 rings (SSSR count). The van der Waals surface area contributed by atoms with Crippen molar-refractivity contribution in [3.05, 3.63) is 42.1 Å².